The lowest BCUT2D eigenvalue weighted by Gasteiger charge is -2.31. The third-order valence-electron chi connectivity index (χ3n) is 12.0. The maximum atomic E-state index is 7.13. The Labute approximate surface area is 302 Å². The lowest BCUT2D eigenvalue weighted by atomic mass is 9.75. The number of hydrogen-bond acceptors (Lipinski definition) is 18. The van der Waals surface area contributed by atoms with Gasteiger partial charge in [0.2, 0.25) is 0 Å². The van der Waals surface area contributed by atoms with Crippen LogP contribution in [0.3, 0.4) is 0 Å². The molecule has 0 spiro atoms. The van der Waals surface area contributed by atoms with Crippen molar-refractivity contribution in [3.8, 4) is 0 Å². The van der Waals surface area contributed by atoms with Crippen LogP contribution in [0.4, 0.5) is 102 Å². The molecule has 0 aliphatic carbocycles. The van der Waals surface area contributed by atoms with Crippen LogP contribution in [-0.4, -0.2) is 0 Å². The first-order chi connectivity index (χ1) is 25.4. The van der Waals surface area contributed by atoms with Crippen LogP contribution in [0.15, 0.2) is 0 Å². The van der Waals surface area contributed by atoms with Crippen molar-refractivity contribution in [1.82, 2.24) is 0 Å². The molecule has 0 saturated carbocycles. The Bertz CT molecular complexity index is 2890. The molecule has 0 amide bonds. The second-order valence-corrected chi connectivity index (χ2v) is 14.2. The smallest absolute Gasteiger partial charge is 0.0809 e. The Balaban J connectivity index is 1.82. The molecule has 0 saturated heterocycles. The summed E-state index contributed by atoms with van der Waals surface area (Å²) in [5.41, 5.74) is 124. The summed E-state index contributed by atoms with van der Waals surface area (Å²) < 4.78 is 0. The Morgan fingerprint density at radius 2 is 0.167 bits per heavy atom. The van der Waals surface area contributed by atoms with E-state index in [2.05, 4.69) is 0 Å². The molecule has 0 aliphatic heterocycles. The van der Waals surface area contributed by atoms with E-state index in [4.69, 9.17) is 103 Å². The van der Waals surface area contributed by atoms with Crippen molar-refractivity contribution in [3.05, 3.63) is 0 Å². The van der Waals surface area contributed by atoms with Crippen molar-refractivity contribution in [2.45, 2.75) is 0 Å². The highest BCUT2D eigenvalue weighted by atomic mass is 14.8. The van der Waals surface area contributed by atoms with Gasteiger partial charge in [-0.3, -0.25) is 0 Å². The Kier molecular flexibility index (Phi) is 4.86. The fourth-order valence-corrected chi connectivity index (χ4v) is 9.47. The van der Waals surface area contributed by atoms with Crippen LogP contribution in [0.25, 0.3) is 97.0 Å². The minimum Gasteiger partial charge on any atom is -0.397 e. The second-order valence-electron chi connectivity index (χ2n) is 14.2. The Morgan fingerprint density at radius 3 is 0.278 bits per heavy atom. The fraction of sp³-hybridized carbons (Fsp3) is 0. The van der Waals surface area contributed by atoms with Gasteiger partial charge in [-0.15, -0.1) is 0 Å². The van der Waals surface area contributed by atoms with Crippen molar-refractivity contribution in [2.24, 2.45) is 0 Å². The van der Waals surface area contributed by atoms with Gasteiger partial charge in [0.15, 0.2) is 0 Å². The number of anilines is 18. The van der Waals surface area contributed by atoms with E-state index in [1.807, 2.05) is 0 Å². The lowest BCUT2D eigenvalue weighted by Crippen LogP contribution is -2.12. The zero-order valence-electron chi connectivity index (χ0n) is 28.4. The van der Waals surface area contributed by atoms with E-state index < -0.39 is 0 Å². The largest absolute Gasteiger partial charge is 0.397 e. The molecule has 0 bridgehead atoms. The molecule has 18 heteroatoms. The highest BCUT2D eigenvalue weighted by Gasteiger charge is 2.36. The number of fused-ring (bicyclic) bond motifs is 9. The quantitative estimate of drug-likeness (QED) is 0.0608. The maximum absolute atomic E-state index is 7.13. The first kappa shape index (κ1) is 30.5. The van der Waals surface area contributed by atoms with Gasteiger partial charge in [-0.1, -0.05) is 0 Å². The van der Waals surface area contributed by atoms with E-state index in [1.165, 1.54) is 0 Å². The topological polar surface area (TPSA) is 468 Å². The molecule has 0 unspecified atom stereocenters. The SMILES string of the molecule is Nc1c(N)c(N)c2c(c1N)c1c(N)c(N)c3c4c(N)c(N)c(N)c(N)c4c4c(N)c(N)c5c6c(N)c(N)c(N)c(N)c6c6c(N)c(N)c2c2c1c3c4c5c62. The number of rotatable bonds is 0. The molecular weight excluding hydrogens is 685 g/mol. The average molecular weight is 721 g/mol. The van der Waals surface area contributed by atoms with Crippen molar-refractivity contribution in [1.29, 1.82) is 0 Å². The van der Waals surface area contributed by atoms with E-state index in [0.717, 1.165) is 0 Å². The van der Waals surface area contributed by atoms with Crippen LogP contribution in [-0.2, 0) is 0 Å². The molecular formula is C36H36N18. The monoisotopic (exact) mass is 720 g/mol. The number of nitrogens with two attached hydrogens (primary N) is 18. The van der Waals surface area contributed by atoms with Crippen molar-refractivity contribution >= 4 is 199 Å². The van der Waals surface area contributed by atoms with Crippen molar-refractivity contribution in [3.63, 3.8) is 0 Å². The maximum Gasteiger partial charge on any atom is 0.0809 e. The van der Waals surface area contributed by atoms with Crippen LogP contribution in [0.5, 0.6) is 0 Å². The highest BCUT2D eigenvalue weighted by molar-refractivity contribution is 6.60. The minimum atomic E-state index is 0.0363. The molecule has 54 heavy (non-hydrogen) atoms. The molecule has 0 heterocycles. The summed E-state index contributed by atoms with van der Waals surface area (Å²) in [6, 6.07) is 0. The molecule has 18 nitrogen and oxygen atoms in total. The summed E-state index contributed by atoms with van der Waals surface area (Å²) >= 11 is 0. The number of hydrogen-bond donors (Lipinski definition) is 18. The Morgan fingerprint density at radius 1 is 0.0926 bits per heavy atom. The fourth-order valence-electron chi connectivity index (χ4n) is 9.47. The molecule has 0 fully saturated rings. The molecule has 36 N–H and O–H groups in total. The molecule has 0 aromatic heterocycles. The molecule has 10 aromatic rings. The zero-order valence-corrected chi connectivity index (χ0v) is 28.4. The Hall–Kier alpha value is -8.28. The highest BCUT2D eigenvalue weighted by Crippen LogP contribution is 2.64. The summed E-state index contributed by atoms with van der Waals surface area (Å²) in [5.74, 6) is 0. The van der Waals surface area contributed by atoms with Gasteiger partial charge < -0.3 is 103 Å². The molecule has 270 valence electrons. The predicted molar refractivity (Wildman–Crippen MR) is 237 cm³/mol. The standard InChI is InChI=1S/C36H36N18/c37-19-7-1-2-4-6-5-3(1)9(20(19)38)15-16(28(46)34(52)33(51)27(15)45)10(5)23(41)24(42)12(6)18-17(29(47)35(53)36(54)30(18)48)11(4)22(40)21(39)8(2)14-13(7)25(43)31(49)32(50)26(14)44/h37-54H2. The molecule has 0 aliphatic rings. The first-order valence-corrected chi connectivity index (χ1v) is 16.4. The van der Waals surface area contributed by atoms with E-state index in [-0.39, 0.29) is 102 Å². The third kappa shape index (κ3) is 2.71. The number of benzene rings is 10. The van der Waals surface area contributed by atoms with E-state index in [0.29, 0.717) is 97.0 Å². The van der Waals surface area contributed by atoms with Gasteiger partial charge in [0.05, 0.1) is 102 Å². The summed E-state index contributed by atoms with van der Waals surface area (Å²) in [7, 11) is 0. The molecule has 0 atom stereocenters. The molecule has 10 aromatic carbocycles. The minimum absolute atomic E-state index is 0.0363. The van der Waals surface area contributed by atoms with Crippen LogP contribution in [0, 0.1) is 0 Å². The normalized spacial score (nSPS) is 12.7. The van der Waals surface area contributed by atoms with Crippen LogP contribution >= 0.6 is 0 Å². The van der Waals surface area contributed by atoms with Gasteiger partial charge in [-0.05, 0) is 0 Å². The predicted octanol–water partition coefficient (Wildman–Crippen LogP) is 2.86. The van der Waals surface area contributed by atoms with Crippen molar-refractivity contribution in [2.75, 3.05) is 103 Å². The third-order valence-corrected chi connectivity index (χ3v) is 12.0. The van der Waals surface area contributed by atoms with E-state index in [9.17, 15) is 0 Å². The van der Waals surface area contributed by atoms with Gasteiger partial charge in [-0.2, -0.15) is 0 Å². The lowest BCUT2D eigenvalue weighted by molar-refractivity contribution is 1.68. The number of nitrogen functional groups attached to an aromatic ring is 18. The van der Waals surface area contributed by atoms with Crippen molar-refractivity contribution < 1.29 is 0 Å². The second kappa shape index (κ2) is 8.60. The van der Waals surface area contributed by atoms with Gasteiger partial charge in [0, 0.05) is 97.0 Å². The summed E-state index contributed by atoms with van der Waals surface area (Å²) in [4.78, 5) is 0. The van der Waals surface area contributed by atoms with Crippen LogP contribution in [0.1, 0.15) is 0 Å². The van der Waals surface area contributed by atoms with Gasteiger partial charge >= 0.3 is 0 Å². The van der Waals surface area contributed by atoms with Crippen LogP contribution in [0.2, 0.25) is 0 Å². The van der Waals surface area contributed by atoms with Gasteiger partial charge in [-0.25, -0.2) is 0 Å². The molecule has 10 rings (SSSR count). The summed E-state index contributed by atoms with van der Waals surface area (Å²) in [5, 5.41) is 7.73. The zero-order chi connectivity index (χ0) is 38.8. The van der Waals surface area contributed by atoms with Gasteiger partial charge in [0.25, 0.3) is 0 Å². The van der Waals surface area contributed by atoms with E-state index >= 15 is 0 Å². The van der Waals surface area contributed by atoms with E-state index in [1.54, 1.807) is 0 Å². The summed E-state index contributed by atoms with van der Waals surface area (Å²) in [6.45, 7) is 0. The summed E-state index contributed by atoms with van der Waals surface area (Å²) in [6.07, 6.45) is 0. The first-order valence-electron chi connectivity index (χ1n) is 16.4. The van der Waals surface area contributed by atoms with Crippen LogP contribution < -0.4 is 103 Å². The average Bonchev–Trinajstić information content (AvgIpc) is 3.15. The molecule has 0 radical (unpaired) electrons. The van der Waals surface area contributed by atoms with Gasteiger partial charge in [0.1, 0.15) is 0 Å².